The molecule has 0 spiro atoms. The Morgan fingerprint density at radius 3 is 2.50 bits per heavy atom. The van der Waals surface area contributed by atoms with Crippen molar-refractivity contribution in [3.8, 4) is 5.75 Å². The molecule has 0 radical (unpaired) electrons. The Morgan fingerprint density at radius 1 is 1.07 bits per heavy atom. The molecule has 4 nitrogen and oxygen atoms in total. The quantitative estimate of drug-likeness (QED) is 0.604. The van der Waals surface area contributed by atoms with Crippen molar-refractivity contribution in [2.75, 3.05) is 39.4 Å². The van der Waals surface area contributed by atoms with Crippen molar-refractivity contribution in [1.82, 2.24) is 10.2 Å². The maximum Gasteiger partial charge on any atom is 0.124 e. The molecule has 1 fully saturated rings. The lowest BCUT2D eigenvalue weighted by atomic mass is 10.1. The number of nitrogens with zero attached hydrogens (tertiary/aromatic N) is 1. The summed E-state index contributed by atoms with van der Waals surface area (Å²) in [5.41, 5.74) is 3.51. The molecule has 0 aliphatic carbocycles. The van der Waals surface area contributed by atoms with Crippen molar-refractivity contribution in [1.29, 1.82) is 0 Å². The molecule has 1 heterocycles. The molecule has 3 rings (SSSR count). The number of halogens is 3. The van der Waals surface area contributed by atoms with E-state index in [2.05, 4.69) is 41.4 Å². The van der Waals surface area contributed by atoms with E-state index in [1.54, 1.807) is 0 Å². The lowest BCUT2D eigenvalue weighted by Crippen LogP contribution is -2.40. The van der Waals surface area contributed by atoms with Gasteiger partial charge in [0.2, 0.25) is 0 Å². The van der Waals surface area contributed by atoms with Crippen LogP contribution in [-0.2, 0) is 17.9 Å². The van der Waals surface area contributed by atoms with Crippen molar-refractivity contribution >= 4 is 36.4 Å². The van der Waals surface area contributed by atoms with Crippen LogP contribution < -0.4 is 10.1 Å². The summed E-state index contributed by atoms with van der Waals surface area (Å²) in [5, 5.41) is 4.24. The topological polar surface area (TPSA) is 33.7 Å². The molecular formula is C21H29Cl3N2O2. The predicted octanol–water partition coefficient (Wildman–Crippen LogP) is 4.49. The average Bonchev–Trinajstić information content (AvgIpc) is 2.67. The van der Waals surface area contributed by atoms with Crippen LogP contribution >= 0.6 is 36.4 Å². The first-order valence-electron chi connectivity index (χ1n) is 9.18. The number of aryl methyl sites for hydroxylation is 1. The molecule has 0 aromatic heterocycles. The lowest BCUT2D eigenvalue weighted by molar-refractivity contribution is 0.0384. The molecule has 1 aliphatic heterocycles. The van der Waals surface area contributed by atoms with E-state index >= 15 is 0 Å². The Balaban J connectivity index is 0.00000196. The van der Waals surface area contributed by atoms with Gasteiger partial charge in [-0.25, -0.2) is 0 Å². The fourth-order valence-corrected chi connectivity index (χ4v) is 3.15. The smallest absolute Gasteiger partial charge is 0.124 e. The minimum Gasteiger partial charge on any atom is -0.489 e. The number of morpholine rings is 1. The number of hydrogen-bond acceptors (Lipinski definition) is 4. The fourth-order valence-electron chi connectivity index (χ4n) is 2.96. The Hall–Kier alpha value is -1.01. The Kier molecular flexibility index (Phi) is 11.8. The van der Waals surface area contributed by atoms with Gasteiger partial charge in [0.15, 0.2) is 0 Å². The summed E-state index contributed by atoms with van der Waals surface area (Å²) >= 11 is 6.18. The van der Waals surface area contributed by atoms with Gasteiger partial charge in [-0.1, -0.05) is 41.4 Å². The van der Waals surface area contributed by atoms with Gasteiger partial charge in [-0.15, -0.1) is 24.8 Å². The van der Waals surface area contributed by atoms with Gasteiger partial charge < -0.3 is 14.8 Å². The third-order valence-electron chi connectivity index (χ3n) is 4.56. The van der Waals surface area contributed by atoms with Gasteiger partial charge in [0.25, 0.3) is 0 Å². The average molecular weight is 448 g/mol. The SMILES string of the molecule is Cc1ccc(COc2ccc(Cl)cc2CNCCN2CCOCC2)cc1.Cl.Cl. The molecule has 0 unspecified atom stereocenters. The van der Waals surface area contributed by atoms with E-state index in [9.17, 15) is 0 Å². The van der Waals surface area contributed by atoms with E-state index in [0.717, 1.165) is 67.8 Å². The maximum atomic E-state index is 6.18. The summed E-state index contributed by atoms with van der Waals surface area (Å²) in [6.45, 7) is 9.07. The molecule has 1 aliphatic rings. The van der Waals surface area contributed by atoms with Crippen molar-refractivity contribution in [2.24, 2.45) is 0 Å². The molecular weight excluding hydrogens is 419 g/mol. The second-order valence-corrected chi connectivity index (χ2v) is 7.09. The van der Waals surface area contributed by atoms with E-state index in [0.29, 0.717) is 6.61 Å². The molecule has 7 heteroatoms. The number of rotatable bonds is 8. The molecule has 2 aromatic carbocycles. The number of benzene rings is 2. The standard InChI is InChI=1S/C21H27ClN2O2.2ClH/c1-17-2-4-18(5-3-17)16-26-21-7-6-20(22)14-19(21)15-23-8-9-24-10-12-25-13-11-24;;/h2-7,14,23H,8-13,15-16H2,1H3;2*1H. The Labute approximate surface area is 185 Å². The summed E-state index contributed by atoms with van der Waals surface area (Å²) in [4.78, 5) is 2.42. The Morgan fingerprint density at radius 2 is 1.79 bits per heavy atom. The highest BCUT2D eigenvalue weighted by Crippen LogP contribution is 2.24. The fraction of sp³-hybridized carbons (Fsp3) is 0.429. The van der Waals surface area contributed by atoms with Crippen LogP contribution in [0.5, 0.6) is 5.75 Å². The number of nitrogens with one attached hydrogen (secondary N) is 1. The third kappa shape index (κ3) is 8.16. The first-order chi connectivity index (χ1) is 12.7. The van der Waals surface area contributed by atoms with E-state index in [4.69, 9.17) is 21.1 Å². The van der Waals surface area contributed by atoms with Crippen molar-refractivity contribution < 1.29 is 9.47 Å². The zero-order valence-corrected chi connectivity index (χ0v) is 18.5. The Bertz CT molecular complexity index is 693. The number of ether oxygens (including phenoxy) is 2. The van der Waals surface area contributed by atoms with Crippen LogP contribution in [0.15, 0.2) is 42.5 Å². The molecule has 1 saturated heterocycles. The van der Waals surface area contributed by atoms with Gasteiger partial charge in [0, 0.05) is 43.3 Å². The highest BCUT2D eigenvalue weighted by Gasteiger charge is 2.10. The first-order valence-corrected chi connectivity index (χ1v) is 9.56. The zero-order chi connectivity index (χ0) is 18.2. The van der Waals surface area contributed by atoms with Crippen molar-refractivity contribution in [2.45, 2.75) is 20.1 Å². The molecule has 2 aromatic rings. The summed E-state index contributed by atoms with van der Waals surface area (Å²) in [7, 11) is 0. The largest absolute Gasteiger partial charge is 0.489 e. The van der Waals surface area contributed by atoms with Crippen LogP contribution in [0.2, 0.25) is 5.02 Å². The van der Waals surface area contributed by atoms with Crippen molar-refractivity contribution in [3.05, 3.63) is 64.2 Å². The van der Waals surface area contributed by atoms with Gasteiger partial charge in [-0.2, -0.15) is 0 Å². The van der Waals surface area contributed by atoms with E-state index in [1.165, 1.54) is 5.56 Å². The monoisotopic (exact) mass is 446 g/mol. The third-order valence-corrected chi connectivity index (χ3v) is 4.80. The van der Waals surface area contributed by atoms with E-state index < -0.39 is 0 Å². The molecule has 0 saturated carbocycles. The van der Waals surface area contributed by atoms with Crippen molar-refractivity contribution in [3.63, 3.8) is 0 Å². The summed E-state index contributed by atoms with van der Waals surface area (Å²) < 4.78 is 11.4. The summed E-state index contributed by atoms with van der Waals surface area (Å²) in [6, 6.07) is 14.2. The normalized spacial score (nSPS) is 14.1. The van der Waals surface area contributed by atoms with E-state index in [-0.39, 0.29) is 24.8 Å². The molecule has 0 atom stereocenters. The van der Waals surface area contributed by atoms with Crippen LogP contribution in [0, 0.1) is 6.92 Å². The maximum absolute atomic E-state index is 6.18. The molecule has 28 heavy (non-hydrogen) atoms. The number of hydrogen-bond donors (Lipinski definition) is 1. The van der Waals surface area contributed by atoms with Crippen LogP contribution in [0.4, 0.5) is 0 Å². The van der Waals surface area contributed by atoms with Gasteiger partial charge >= 0.3 is 0 Å². The molecule has 0 bridgehead atoms. The molecule has 156 valence electrons. The van der Waals surface area contributed by atoms with Gasteiger partial charge in [0.05, 0.1) is 13.2 Å². The van der Waals surface area contributed by atoms with Crippen LogP contribution in [0.1, 0.15) is 16.7 Å². The lowest BCUT2D eigenvalue weighted by Gasteiger charge is -2.26. The zero-order valence-electron chi connectivity index (χ0n) is 16.2. The first kappa shape index (κ1) is 25.0. The molecule has 0 amide bonds. The minimum absolute atomic E-state index is 0. The van der Waals surface area contributed by atoms with Gasteiger partial charge in [-0.05, 0) is 30.7 Å². The molecule has 1 N–H and O–H groups in total. The second kappa shape index (κ2) is 13.3. The van der Waals surface area contributed by atoms with Crippen LogP contribution in [-0.4, -0.2) is 44.3 Å². The van der Waals surface area contributed by atoms with Gasteiger partial charge in [-0.3, -0.25) is 4.90 Å². The summed E-state index contributed by atoms with van der Waals surface area (Å²) in [5.74, 6) is 0.883. The van der Waals surface area contributed by atoms with E-state index in [1.807, 2.05) is 18.2 Å². The minimum atomic E-state index is 0. The predicted molar refractivity (Wildman–Crippen MR) is 120 cm³/mol. The van der Waals surface area contributed by atoms with Crippen LogP contribution in [0.3, 0.4) is 0 Å². The van der Waals surface area contributed by atoms with Gasteiger partial charge in [0.1, 0.15) is 12.4 Å². The summed E-state index contributed by atoms with van der Waals surface area (Å²) in [6.07, 6.45) is 0. The highest BCUT2D eigenvalue weighted by molar-refractivity contribution is 6.30. The highest BCUT2D eigenvalue weighted by atomic mass is 35.5. The van der Waals surface area contributed by atoms with Crippen LogP contribution in [0.25, 0.3) is 0 Å². The second-order valence-electron chi connectivity index (χ2n) is 6.66.